The van der Waals surface area contributed by atoms with E-state index in [1.54, 1.807) is 0 Å². The number of hydrogen-bond acceptors (Lipinski definition) is 4. The van der Waals surface area contributed by atoms with E-state index in [1.165, 1.54) is 18.2 Å². The summed E-state index contributed by atoms with van der Waals surface area (Å²) >= 11 is 5.72. The molecule has 1 heterocycles. The highest BCUT2D eigenvalue weighted by Gasteiger charge is 2.22. The Morgan fingerprint density at radius 1 is 1.06 bits per heavy atom. The zero-order chi connectivity index (χ0) is 20.9. The van der Waals surface area contributed by atoms with Gasteiger partial charge >= 0.3 is 0 Å². The van der Waals surface area contributed by atoms with E-state index in [4.69, 9.17) is 16.3 Å². The third-order valence-electron chi connectivity index (χ3n) is 5.30. The van der Waals surface area contributed by atoms with E-state index in [1.807, 2.05) is 30.3 Å². The van der Waals surface area contributed by atoms with Gasteiger partial charge in [-0.2, -0.15) is 0 Å². The van der Waals surface area contributed by atoms with Crippen LogP contribution in [0.3, 0.4) is 0 Å². The van der Waals surface area contributed by atoms with Crippen molar-refractivity contribution >= 4 is 46.6 Å². The number of carbonyl (C=O) groups is 1. The lowest BCUT2D eigenvalue weighted by atomic mass is 9.91. The molecule has 2 aromatic carbocycles. The smallest absolute Gasteiger partial charge is 0.258 e. The number of hydrogen-bond donors (Lipinski definition) is 2. The van der Waals surface area contributed by atoms with Gasteiger partial charge in [-0.3, -0.25) is 4.79 Å². The summed E-state index contributed by atoms with van der Waals surface area (Å²) in [5, 5.41) is 7.62. The summed E-state index contributed by atoms with van der Waals surface area (Å²) < 4.78 is 18.6. The largest absolute Gasteiger partial charge is 0.484 e. The van der Waals surface area contributed by atoms with Crippen LogP contribution >= 0.6 is 24.0 Å². The monoisotopic (exact) mass is 463 g/mol. The molecule has 1 aromatic heterocycles. The lowest BCUT2D eigenvalue weighted by Crippen LogP contribution is -2.42. The van der Waals surface area contributed by atoms with Crippen LogP contribution in [0.5, 0.6) is 5.75 Å². The predicted molar refractivity (Wildman–Crippen MR) is 124 cm³/mol. The van der Waals surface area contributed by atoms with Crippen molar-refractivity contribution in [2.45, 2.75) is 37.8 Å². The predicted octanol–water partition coefficient (Wildman–Crippen LogP) is 5.37. The molecule has 31 heavy (non-hydrogen) atoms. The Morgan fingerprint density at radius 2 is 1.81 bits per heavy atom. The number of nitrogens with zero attached hydrogens (tertiary/aromatic N) is 1. The normalized spacial score (nSPS) is 18.1. The molecule has 0 saturated heterocycles. The van der Waals surface area contributed by atoms with E-state index in [2.05, 4.69) is 21.7 Å². The number of benzene rings is 2. The van der Waals surface area contributed by atoms with E-state index in [-0.39, 0.29) is 36.0 Å². The highest BCUT2D eigenvalue weighted by atomic mass is 35.5. The van der Waals surface area contributed by atoms with Gasteiger partial charge in [0.1, 0.15) is 17.4 Å². The molecule has 0 atom stereocenters. The number of ether oxygens (including phenoxy) is 1. The summed E-state index contributed by atoms with van der Waals surface area (Å²) in [6.45, 7) is -0.124. The number of pyridine rings is 1. The van der Waals surface area contributed by atoms with Crippen molar-refractivity contribution in [3.8, 4) is 5.75 Å². The lowest BCUT2D eigenvalue weighted by molar-refractivity contribution is -0.124. The first-order chi connectivity index (χ1) is 14.6. The Hall–Kier alpha value is -2.57. The van der Waals surface area contributed by atoms with Crippen molar-refractivity contribution in [1.82, 2.24) is 10.3 Å². The summed E-state index contributed by atoms with van der Waals surface area (Å²) in [4.78, 5) is 16.8. The first-order valence-corrected chi connectivity index (χ1v) is 10.4. The second-order valence-electron chi connectivity index (χ2n) is 7.51. The number of fused-ring (bicyclic) bond motifs is 1. The molecule has 1 fully saturated rings. The first kappa shape index (κ1) is 23.1. The minimum atomic E-state index is -0.516. The maximum absolute atomic E-state index is 13.2. The molecule has 4 rings (SSSR count). The van der Waals surface area contributed by atoms with Crippen LogP contribution in [0.15, 0.2) is 54.6 Å². The van der Waals surface area contributed by atoms with Crippen molar-refractivity contribution in [3.05, 3.63) is 65.4 Å². The molecule has 3 aromatic rings. The Bertz CT molecular complexity index is 1040. The van der Waals surface area contributed by atoms with Gasteiger partial charge in [0.2, 0.25) is 0 Å². The Kier molecular flexibility index (Phi) is 7.93. The molecule has 2 N–H and O–H groups in total. The van der Waals surface area contributed by atoms with Crippen LogP contribution < -0.4 is 15.4 Å². The lowest BCUT2D eigenvalue weighted by Gasteiger charge is -2.30. The molecule has 8 heteroatoms. The SMILES string of the molecule is Cl.O=C(COc1ccc(F)c(Cl)c1)N[C@H]1CC[C@@H](Nc2ccc3ccccc3n2)CC1. The average Bonchev–Trinajstić information content (AvgIpc) is 2.76. The molecular weight excluding hydrogens is 440 g/mol. The number of aromatic nitrogens is 1. The third-order valence-corrected chi connectivity index (χ3v) is 5.59. The van der Waals surface area contributed by atoms with Crippen molar-refractivity contribution in [2.24, 2.45) is 0 Å². The Labute approximate surface area is 191 Å². The summed E-state index contributed by atoms with van der Waals surface area (Å²) in [5.41, 5.74) is 0.978. The van der Waals surface area contributed by atoms with E-state index in [0.717, 1.165) is 42.4 Å². The number of amides is 1. The van der Waals surface area contributed by atoms with Gasteiger partial charge in [0.25, 0.3) is 5.91 Å². The number of anilines is 1. The quantitative estimate of drug-likeness (QED) is 0.515. The van der Waals surface area contributed by atoms with E-state index in [0.29, 0.717) is 11.8 Å². The minimum absolute atomic E-state index is 0. The summed E-state index contributed by atoms with van der Waals surface area (Å²) in [6.07, 6.45) is 3.68. The summed E-state index contributed by atoms with van der Waals surface area (Å²) in [6, 6.07) is 16.6. The fourth-order valence-corrected chi connectivity index (χ4v) is 3.89. The molecule has 1 aliphatic rings. The summed E-state index contributed by atoms with van der Waals surface area (Å²) in [5.74, 6) is 0.542. The maximum Gasteiger partial charge on any atom is 0.258 e. The zero-order valence-corrected chi connectivity index (χ0v) is 18.4. The van der Waals surface area contributed by atoms with Crippen LogP contribution in [0, 0.1) is 5.82 Å². The third kappa shape index (κ3) is 6.21. The molecule has 0 bridgehead atoms. The molecular formula is C23H24Cl2FN3O2. The van der Waals surface area contributed by atoms with Crippen LogP contribution in [0.25, 0.3) is 10.9 Å². The van der Waals surface area contributed by atoms with E-state index >= 15 is 0 Å². The molecule has 1 aliphatic carbocycles. The van der Waals surface area contributed by atoms with Gasteiger partial charge in [-0.1, -0.05) is 29.8 Å². The molecule has 5 nitrogen and oxygen atoms in total. The van der Waals surface area contributed by atoms with Crippen LogP contribution in [-0.2, 0) is 4.79 Å². The Morgan fingerprint density at radius 3 is 2.58 bits per heavy atom. The maximum atomic E-state index is 13.2. The van der Waals surface area contributed by atoms with E-state index < -0.39 is 5.82 Å². The standard InChI is InChI=1S/C23H23ClFN3O2.ClH/c24-19-13-18(10-11-20(19)25)30-14-23(29)27-17-8-6-16(7-9-17)26-22-12-5-15-3-1-2-4-21(15)28-22;/h1-5,10-13,16-17H,6-9,14H2,(H,26,28)(H,27,29);1H/t16-,17+;. The minimum Gasteiger partial charge on any atom is -0.484 e. The van der Waals surface area contributed by atoms with Crippen LogP contribution in [0.2, 0.25) is 5.02 Å². The van der Waals surface area contributed by atoms with Gasteiger partial charge in [-0.05, 0) is 56.0 Å². The fraction of sp³-hybridized carbons (Fsp3) is 0.304. The van der Waals surface area contributed by atoms with Crippen molar-refractivity contribution < 1.29 is 13.9 Å². The zero-order valence-electron chi connectivity index (χ0n) is 16.8. The second-order valence-corrected chi connectivity index (χ2v) is 7.92. The topological polar surface area (TPSA) is 63.2 Å². The highest BCUT2D eigenvalue weighted by Crippen LogP contribution is 2.24. The van der Waals surface area contributed by atoms with Crippen molar-refractivity contribution in [2.75, 3.05) is 11.9 Å². The van der Waals surface area contributed by atoms with Gasteiger partial charge in [0.05, 0.1) is 10.5 Å². The molecule has 1 amide bonds. The van der Waals surface area contributed by atoms with Gasteiger partial charge in [-0.25, -0.2) is 9.37 Å². The number of carbonyl (C=O) groups excluding carboxylic acids is 1. The van der Waals surface area contributed by atoms with Gasteiger partial charge < -0.3 is 15.4 Å². The number of nitrogens with one attached hydrogen (secondary N) is 2. The molecule has 0 unspecified atom stereocenters. The highest BCUT2D eigenvalue weighted by molar-refractivity contribution is 6.30. The molecule has 0 spiro atoms. The number of para-hydroxylation sites is 1. The summed E-state index contributed by atoms with van der Waals surface area (Å²) in [7, 11) is 0. The number of halogens is 3. The van der Waals surface area contributed by atoms with Crippen molar-refractivity contribution in [3.63, 3.8) is 0 Å². The second kappa shape index (κ2) is 10.6. The fourth-order valence-electron chi connectivity index (χ4n) is 3.72. The average molecular weight is 464 g/mol. The van der Waals surface area contributed by atoms with Crippen LogP contribution in [0.4, 0.5) is 10.2 Å². The van der Waals surface area contributed by atoms with E-state index in [9.17, 15) is 9.18 Å². The Balaban J connectivity index is 0.00000272. The first-order valence-electron chi connectivity index (χ1n) is 10.1. The van der Waals surface area contributed by atoms with Crippen LogP contribution in [-0.4, -0.2) is 29.6 Å². The molecule has 0 aliphatic heterocycles. The van der Waals surface area contributed by atoms with Gasteiger partial charge in [0, 0.05) is 23.5 Å². The van der Waals surface area contributed by atoms with Gasteiger partial charge in [0.15, 0.2) is 6.61 Å². The van der Waals surface area contributed by atoms with Gasteiger partial charge in [-0.15, -0.1) is 12.4 Å². The van der Waals surface area contributed by atoms with Crippen LogP contribution in [0.1, 0.15) is 25.7 Å². The molecule has 164 valence electrons. The number of rotatable bonds is 6. The molecule has 0 radical (unpaired) electrons. The molecule has 1 saturated carbocycles. The van der Waals surface area contributed by atoms with Crippen molar-refractivity contribution in [1.29, 1.82) is 0 Å².